The third kappa shape index (κ3) is 2.23. The van der Waals surface area contributed by atoms with Crippen LogP contribution >= 0.6 is 11.3 Å². The lowest BCUT2D eigenvalue weighted by molar-refractivity contribution is 0.455. The SMILES string of the molecule is CCCC=Cc1sc(=O)[nH]c1O. The molecule has 12 heavy (non-hydrogen) atoms. The van der Waals surface area contributed by atoms with Gasteiger partial charge in [-0.05, 0) is 12.5 Å². The second-order valence-corrected chi connectivity index (χ2v) is 3.43. The number of H-pyrrole nitrogens is 1. The molecule has 3 nitrogen and oxygen atoms in total. The zero-order valence-electron chi connectivity index (χ0n) is 6.83. The Balaban J connectivity index is 2.75. The first-order valence-electron chi connectivity index (χ1n) is 3.82. The van der Waals surface area contributed by atoms with Crippen molar-refractivity contribution in [1.29, 1.82) is 0 Å². The molecule has 0 radical (unpaired) electrons. The molecule has 0 aliphatic heterocycles. The molecule has 1 heterocycles. The number of hydrogen-bond donors (Lipinski definition) is 2. The summed E-state index contributed by atoms with van der Waals surface area (Å²) in [6.07, 6.45) is 5.74. The van der Waals surface area contributed by atoms with Crippen LogP contribution in [0.2, 0.25) is 0 Å². The number of hydrogen-bond acceptors (Lipinski definition) is 3. The zero-order valence-corrected chi connectivity index (χ0v) is 7.65. The average molecular weight is 185 g/mol. The topological polar surface area (TPSA) is 53.1 Å². The first-order valence-corrected chi connectivity index (χ1v) is 4.64. The van der Waals surface area contributed by atoms with Gasteiger partial charge < -0.3 is 5.11 Å². The van der Waals surface area contributed by atoms with E-state index >= 15 is 0 Å². The van der Waals surface area contributed by atoms with Crippen molar-refractivity contribution in [3.8, 4) is 5.88 Å². The van der Waals surface area contributed by atoms with Crippen LogP contribution in [-0.4, -0.2) is 10.1 Å². The third-order valence-corrected chi connectivity index (χ3v) is 2.22. The van der Waals surface area contributed by atoms with Gasteiger partial charge in [0.05, 0.1) is 4.88 Å². The Bertz CT molecular complexity index is 324. The molecule has 1 aromatic heterocycles. The molecule has 0 spiro atoms. The van der Waals surface area contributed by atoms with Gasteiger partial charge in [-0.2, -0.15) is 0 Å². The standard InChI is InChI=1S/C8H11NO2S/c1-2-3-4-5-6-7(10)9-8(11)12-6/h4-5,10H,2-3H2,1H3,(H,9,11). The lowest BCUT2D eigenvalue weighted by Crippen LogP contribution is -1.89. The maximum absolute atomic E-state index is 10.7. The summed E-state index contributed by atoms with van der Waals surface area (Å²) >= 11 is 1.02. The molecule has 1 aromatic rings. The maximum Gasteiger partial charge on any atom is 0.307 e. The highest BCUT2D eigenvalue weighted by atomic mass is 32.1. The van der Waals surface area contributed by atoms with Crippen molar-refractivity contribution in [2.75, 3.05) is 0 Å². The number of aromatic amines is 1. The summed E-state index contributed by atoms with van der Waals surface area (Å²) in [5.74, 6) is -0.0302. The van der Waals surface area contributed by atoms with Crippen LogP contribution in [-0.2, 0) is 0 Å². The summed E-state index contributed by atoms with van der Waals surface area (Å²) < 4.78 is 0. The van der Waals surface area contributed by atoms with E-state index in [0.717, 1.165) is 24.2 Å². The lowest BCUT2D eigenvalue weighted by Gasteiger charge is -1.86. The first-order chi connectivity index (χ1) is 5.74. The Morgan fingerprint density at radius 3 is 2.92 bits per heavy atom. The van der Waals surface area contributed by atoms with Crippen molar-refractivity contribution in [2.24, 2.45) is 0 Å². The number of aromatic hydroxyl groups is 1. The van der Waals surface area contributed by atoms with Crippen LogP contribution in [0.5, 0.6) is 5.88 Å². The Kier molecular flexibility index (Phi) is 3.10. The highest BCUT2D eigenvalue weighted by Gasteiger charge is 2.00. The van der Waals surface area contributed by atoms with Crippen molar-refractivity contribution in [3.63, 3.8) is 0 Å². The summed E-state index contributed by atoms with van der Waals surface area (Å²) in [4.78, 5) is 13.4. The Labute approximate surface area is 74.4 Å². The molecular weight excluding hydrogens is 174 g/mol. The van der Waals surface area contributed by atoms with Crippen LogP contribution in [0, 0.1) is 0 Å². The van der Waals surface area contributed by atoms with E-state index in [4.69, 9.17) is 5.11 Å². The quantitative estimate of drug-likeness (QED) is 0.756. The number of aromatic nitrogens is 1. The molecule has 0 aromatic carbocycles. The van der Waals surface area contributed by atoms with Gasteiger partial charge in [0.1, 0.15) is 0 Å². The minimum Gasteiger partial charge on any atom is -0.493 e. The van der Waals surface area contributed by atoms with Crippen molar-refractivity contribution in [3.05, 3.63) is 20.6 Å². The summed E-state index contributed by atoms with van der Waals surface area (Å²) in [6.45, 7) is 2.07. The van der Waals surface area contributed by atoms with Gasteiger partial charge in [0.2, 0.25) is 5.88 Å². The summed E-state index contributed by atoms with van der Waals surface area (Å²) in [5.41, 5.74) is 0. The normalized spacial score (nSPS) is 11.1. The van der Waals surface area contributed by atoms with Crippen molar-refractivity contribution >= 4 is 17.4 Å². The molecule has 0 saturated heterocycles. The first kappa shape index (κ1) is 9.06. The van der Waals surface area contributed by atoms with E-state index in [1.54, 1.807) is 6.08 Å². The highest BCUT2D eigenvalue weighted by molar-refractivity contribution is 7.10. The van der Waals surface area contributed by atoms with Gasteiger partial charge in [-0.1, -0.05) is 30.8 Å². The molecule has 4 heteroatoms. The molecule has 2 N–H and O–H groups in total. The van der Waals surface area contributed by atoms with Gasteiger partial charge in [-0.15, -0.1) is 0 Å². The Morgan fingerprint density at radius 1 is 1.67 bits per heavy atom. The Morgan fingerprint density at radius 2 is 2.42 bits per heavy atom. The van der Waals surface area contributed by atoms with E-state index in [-0.39, 0.29) is 10.8 Å². The van der Waals surface area contributed by atoms with Crippen LogP contribution < -0.4 is 4.87 Å². The molecule has 0 aliphatic carbocycles. The van der Waals surface area contributed by atoms with Gasteiger partial charge in [0.25, 0.3) is 0 Å². The van der Waals surface area contributed by atoms with Gasteiger partial charge in [-0.3, -0.25) is 9.78 Å². The van der Waals surface area contributed by atoms with E-state index in [9.17, 15) is 4.79 Å². The number of allylic oxidation sites excluding steroid dienone is 1. The largest absolute Gasteiger partial charge is 0.493 e. The minimum atomic E-state index is -0.219. The molecule has 0 saturated carbocycles. The second kappa shape index (κ2) is 4.11. The molecule has 66 valence electrons. The lowest BCUT2D eigenvalue weighted by atomic mass is 10.3. The number of rotatable bonds is 3. The fraction of sp³-hybridized carbons (Fsp3) is 0.375. The number of nitrogens with one attached hydrogen (secondary N) is 1. The molecule has 1 rings (SSSR count). The van der Waals surface area contributed by atoms with Crippen molar-refractivity contribution < 1.29 is 5.11 Å². The molecule has 0 bridgehead atoms. The van der Waals surface area contributed by atoms with Crippen LogP contribution in [0.4, 0.5) is 0 Å². The fourth-order valence-corrected chi connectivity index (χ4v) is 1.46. The van der Waals surface area contributed by atoms with Gasteiger partial charge in [0.15, 0.2) is 0 Å². The number of unbranched alkanes of at least 4 members (excludes halogenated alkanes) is 1. The monoisotopic (exact) mass is 185 g/mol. The molecular formula is C8H11NO2S. The molecule has 0 fully saturated rings. The second-order valence-electron chi connectivity index (χ2n) is 2.42. The van der Waals surface area contributed by atoms with Crippen LogP contribution in [0.15, 0.2) is 10.9 Å². The molecule has 0 amide bonds. The van der Waals surface area contributed by atoms with Crippen LogP contribution in [0.25, 0.3) is 6.08 Å². The van der Waals surface area contributed by atoms with E-state index in [0.29, 0.717) is 4.88 Å². The molecule has 0 aliphatic rings. The summed E-state index contributed by atoms with van der Waals surface area (Å²) in [6, 6.07) is 0. The van der Waals surface area contributed by atoms with Gasteiger partial charge in [0, 0.05) is 0 Å². The van der Waals surface area contributed by atoms with Crippen molar-refractivity contribution in [2.45, 2.75) is 19.8 Å². The van der Waals surface area contributed by atoms with Crippen molar-refractivity contribution in [1.82, 2.24) is 4.98 Å². The highest BCUT2D eigenvalue weighted by Crippen LogP contribution is 2.17. The number of thiazole rings is 1. The third-order valence-electron chi connectivity index (χ3n) is 1.38. The van der Waals surface area contributed by atoms with E-state index in [2.05, 4.69) is 11.9 Å². The van der Waals surface area contributed by atoms with Crippen LogP contribution in [0.1, 0.15) is 24.6 Å². The Hall–Kier alpha value is -1.03. The molecule has 0 unspecified atom stereocenters. The zero-order chi connectivity index (χ0) is 8.97. The summed E-state index contributed by atoms with van der Waals surface area (Å²) in [7, 11) is 0. The smallest absolute Gasteiger partial charge is 0.307 e. The van der Waals surface area contributed by atoms with E-state index < -0.39 is 0 Å². The van der Waals surface area contributed by atoms with Crippen LogP contribution in [0.3, 0.4) is 0 Å². The van der Waals surface area contributed by atoms with Gasteiger partial charge >= 0.3 is 4.87 Å². The average Bonchev–Trinajstić information content (AvgIpc) is 2.31. The predicted molar refractivity (Wildman–Crippen MR) is 50.5 cm³/mol. The van der Waals surface area contributed by atoms with Gasteiger partial charge in [-0.25, -0.2) is 0 Å². The van der Waals surface area contributed by atoms with E-state index in [1.807, 2.05) is 6.08 Å². The molecule has 0 atom stereocenters. The fourth-order valence-electron chi connectivity index (χ4n) is 0.802. The van der Waals surface area contributed by atoms with E-state index in [1.165, 1.54) is 0 Å². The minimum absolute atomic E-state index is 0.0302. The summed E-state index contributed by atoms with van der Waals surface area (Å²) in [5, 5.41) is 9.13. The predicted octanol–water partition coefficient (Wildman–Crippen LogP) is 1.96. The maximum atomic E-state index is 10.7.